The van der Waals surface area contributed by atoms with Crippen molar-refractivity contribution in [3.05, 3.63) is 35.4 Å². The summed E-state index contributed by atoms with van der Waals surface area (Å²) in [6.45, 7) is 1.21. The Kier molecular flexibility index (Phi) is 6.44. The number of rotatable bonds is 4. The highest BCUT2D eigenvalue weighted by Crippen LogP contribution is 2.17. The Hall–Kier alpha value is -2.51. The highest BCUT2D eigenvalue weighted by Gasteiger charge is 2.25. The molecular formula is C17H20F2N2O4. The van der Waals surface area contributed by atoms with E-state index in [9.17, 15) is 23.2 Å². The second kappa shape index (κ2) is 8.55. The first-order valence-electron chi connectivity index (χ1n) is 8.15. The highest BCUT2D eigenvalue weighted by atomic mass is 19.1. The molecule has 2 N–H and O–H groups in total. The van der Waals surface area contributed by atoms with Crippen molar-refractivity contribution in [3.63, 3.8) is 0 Å². The Bertz CT molecular complexity index is 640. The maximum atomic E-state index is 13.5. The van der Waals surface area contributed by atoms with Gasteiger partial charge >= 0.3 is 12.0 Å². The van der Waals surface area contributed by atoms with Gasteiger partial charge in [-0.05, 0) is 31.9 Å². The minimum Gasteiger partial charge on any atom is -0.449 e. The lowest BCUT2D eigenvalue weighted by molar-refractivity contribution is -0.128. The second-order valence-electron chi connectivity index (χ2n) is 5.94. The van der Waals surface area contributed by atoms with Gasteiger partial charge in [0.25, 0.3) is 5.91 Å². The van der Waals surface area contributed by atoms with Gasteiger partial charge in [0.05, 0.1) is 0 Å². The number of benzene rings is 1. The molecule has 0 aliphatic heterocycles. The van der Waals surface area contributed by atoms with Gasteiger partial charge in [-0.2, -0.15) is 0 Å². The molecular weight excluding hydrogens is 334 g/mol. The molecule has 0 radical (unpaired) electrons. The monoisotopic (exact) mass is 354 g/mol. The predicted octanol–water partition coefficient (Wildman–Crippen LogP) is 2.67. The van der Waals surface area contributed by atoms with E-state index in [-0.39, 0.29) is 6.04 Å². The number of hydrogen-bond acceptors (Lipinski definition) is 4. The van der Waals surface area contributed by atoms with Gasteiger partial charge in [-0.1, -0.05) is 25.3 Å². The van der Waals surface area contributed by atoms with E-state index in [1.165, 1.54) is 6.92 Å². The van der Waals surface area contributed by atoms with Crippen LogP contribution in [0.15, 0.2) is 18.2 Å². The summed E-state index contributed by atoms with van der Waals surface area (Å²) in [7, 11) is 0. The molecule has 1 atom stereocenters. The lowest BCUT2D eigenvalue weighted by atomic mass is 9.96. The highest BCUT2D eigenvalue weighted by molar-refractivity contribution is 5.98. The lowest BCUT2D eigenvalue weighted by Gasteiger charge is -2.23. The van der Waals surface area contributed by atoms with Gasteiger partial charge in [-0.3, -0.25) is 10.1 Å². The number of carbonyl (C=O) groups excluding carboxylic acids is 3. The molecule has 6 nitrogen and oxygen atoms in total. The van der Waals surface area contributed by atoms with Crippen LogP contribution in [0.2, 0.25) is 0 Å². The van der Waals surface area contributed by atoms with Crippen molar-refractivity contribution in [1.82, 2.24) is 10.6 Å². The molecule has 1 aliphatic rings. The molecule has 1 fully saturated rings. The van der Waals surface area contributed by atoms with Crippen molar-refractivity contribution in [1.29, 1.82) is 0 Å². The molecule has 1 aromatic carbocycles. The Morgan fingerprint density at radius 3 is 2.32 bits per heavy atom. The molecule has 3 amide bonds. The third-order valence-corrected chi connectivity index (χ3v) is 4.00. The van der Waals surface area contributed by atoms with Gasteiger partial charge < -0.3 is 10.1 Å². The van der Waals surface area contributed by atoms with E-state index in [2.05, 4.69) is 10.6 Å². The minimum absolute atomic E-state index is 0.00640. The zero-order valence-electron chi connectivity index (χ0n) is 13.8. The number of urea groups is 1. The number of nitrogens with one attached hydrogen (secondary N) is 2. The normalized spacial score (nSPS) is 16.0. The van der Waals surface area contributed by atoms with Crippen LogP contribution in [0.4, 0.5) is 13.6 Å². The summed E-state index contributed by atoms with van der Waals surface area (Å²) in [4.78, 5) is 35.5. The molecule has 0 saturated heterocycles. The maximum absolute atomic E-state index is 13.5. The first-order chi connectivity index (χ1) is 11.9. The van der Waals surface area contributed by atoms with Gasteiger partial charge in [0.2, 0.25) is 0 Å². The zero-order chi connectivity index (χ0) is 18.4. The first-order valence-corrected chi connectivity index (χ1v) is 8.15. The zero-order valence-corrected chi connectivity index (χ0v) is 13.8. The number of hydrogen-bond donors (Lipinski definition) is 2. The van der Waals surface area contributed by atoms with E-state index in [1.807, 2.05) is 0 Å². The quantitative estimate of drug-likeness (QED) is 0.814. The lowest BCUT2D eigenvalue weighted by Crippen LogP contribution is -2.48. The molecule has 136 valence electrons. The molecule has 0 heterocycles. The maximum Gasteiger partial charge on any atom is 0.344 e. The molecule has 8 heteroatoms. The van der Waals surface area contributed by atoms with E-state index < -0.39 is 41.2 Å². The number of carbonyl (C=O) groups is 3. The third-order valence-electron chi connectivity index (χ3n) is 4.00. The van der Waals surface area contributed by atoms with Crippen LogP contribution in [0.25, 0.3) is 0 Å². The average Bonchev–Trinajstić information content (AvgIpc) is 2.55. The smallest absolute Gasteiger partial charge is 0.344 e. The summed E-state index contributed by atoms with van der Waals surface area (Å²) >= 11 is 0. The summed E-state index contributed by atoms with van der Waals surface area (Å²) in [5.74, 6) is -4.37. The van der Waals surface area contributed by atoms with Crippen LogP contribution >= 0.6 is 0 Å². The van der Waals surface area contributed by atoms with Crippen LogP contribution in [-0.2, 0) is 9.53 Å². The Labute approximate surface area is 143 Å². The standard InChI is InChI=1S/C17H20F2N2O4/c1-10(25-16(23)14-12(18)8-5-9-13(14)19)15(22)21-17(24)20-11-6-3-2-4-7-11/h5,8-11H,2-4,6-7H2,1H3,(H2,20,21,22,24)/t10-/m1/s1. The number of amides is 3. The molecule has 25 heavy (non-hydrogen) atoms. The summed E-state index contributed by atoms with van der Waals surface area (Å²) in [6, 6.07) is 2.24. The fourth-order valence-corrected chi connectivity index (χ4v) is 2.65. The molecule has 0 unspecified atom stereocenters. The Morgan fingerprint density at radius 2 is 1.72 bits per heavy atom. The minimum atomic E-state index is -1.39. The van der Waals surface area contributed by atoms with E-state index in [1.54, 1.807) is 0 Å². The summed E-state index contributed by atoms with van der Waals surface area (Å²) in [6.07, 6.45) is 3.46. The molecule has 0 spiro atoms. The third kappa shape index (κ3) is 5.23. The fourth-order valence-electron chi connectivity index (χ4n) is 2.65. The molecule has 2 rings (SSSR count). The molecule has 0 bridgehead atoms. The topological polar surface area (TPSA) is 84.5 Å². The Morgan fingerprint density at radius 1 is 1.12 bits per heavy atom. The number of ether oxygens (including phenoxy) is 1. The van der Waals surface area contributed by atoms with Crippen LogP contribution in [-0.4, -0.2) is 30.1 Å². The van der Waals surface area contributed by atoms with Gasteiger partial charge in [-0.15, -0.1) is 0 Å². The van der Waals surface area contributed by atoms with Crippen LogP contribution in [0.5, 0.6) is 0 Å². The second-order valence-corrected chi connectivity index (χ2v) is 5.94. The summed E-state index contributed by atoms with van der Waals surface area (Å²) < 4.78 is 31.8. The molecule has 1 aliphatic carbocycles. The van der Waals surface area contributed by atoms with Crippen molar-refractivity contribution in [2.75, 3.05) is 0 Å². The molecule has 1 saturated carbocycles. The predicted molar refractivity (Wildman–Crippen MR) is 84.8 cm³/mol. The number of imide groups is 1. The van der Waals surface area contributed by atoms with Crippen LogP contribution < -0.4 is 10.6 Å². The van der Waals surface area contributed by atoms with Crippen molar-refractivity contribution < 1.29 is 27.9 Å². The summed E-state index contributed by atoms with van der Waals surface area (Å²) in [5, 5.41) is 4.74. The van der Waals surface area contributed by atoms with Crippen LogP contribution in [0.3, 0.4) is 0 Å². The van der Waals surface area contributed by atoms with Crippen molar-refractivity contribution >= 4 is 17.9 Å². The van der Waals surface area contributed by atoms with E-state index in [0.29, 0.717) is 0 Å². The van der Waals surface area contributed by atoms with Gasteiger partial charge in [0, 0.05) is 6.04 Å². The fraction of sp³-hybridized carbons (Fsp3) is 0.471. The molecule has 0 aromatic heterocycles. The number of esters is 1. The first kappa shape index (κ1) is 18.8. The largest absolute Gasteiger partial charge is 0.449 e. The summed E-state index contributed by atoms with van der Waals surface area (Å²) in [5.41, 5.74) is -0.881. The number of halogens is 2. The van der Waals surface area contributed by atoms with E-state index in [0.717, 1.165) is 50.3 Å². The molecule has 1 aromatic rings. The Balaban J connectivity index is 1.87. The van der Waals surface area contributed by atoms with Crippen LogP contribution in [0, 0.1) is 11.6 Å². The van der Waals surface area contributed by atoms with E-state index >= 15 is 0 Å². The van der Waals surface area contributed by atoms with Gasteiger partial charge in [0.1, 0.15) is 17.2 Å². The van der Waals surface area contributed by atoms with Crippen LogP contribution in [0.1, 0.15) is 49.4 Å². The van der Waals surface area contributed by atoms with Gasteiger partial charge in [-0.25, -0.2) is 18.4 Å². The van der Waals surface area contributed by atoms with Crippen molar-refractivity contribution in [2.24, 2.45) is 0 Å². The van der Waals surface area contributed by atoms with Crippen molar-refractivity contribution in [3.8, 4) is 0 Å². The van der Waals surface area contributed by atoms with Crippen molar-refractivity contribution in [2.45, 2.75) is 51.2 Å². The SMILES string of the molecule is C[C@@H](OC(=O)c1c(F)cccc1F)C(=O)NC(=O)NC1CCCCC1. The van der Waals surface area contributed by atoms with Gasteiger partial charge in [0.15, 0.2) is 6.10 Å². The average molecular weight is 354 g/mol. The van der Waals surface area contributed by atoms with E-state index in [4.69, 9.17) is 4.74 Å².